The van der Waals surface area contributed by atoms with Crippen LogP contribution in [0.1, 0.15) is 0 Å². The molecule has 6 nitrogen and oxygen atoms in total. The Morgan fingerprint density at radius 1 is 0.319 bits per heavy atom. The van der Waals surface area contributed by atoms with Crippen LogP contribution in [0.25, 0.3) is 114 Å². The van der Waals surface area contributed by atoms with E-state index in [2.05, 4.69) is 243 Å². The van der Waals surface area contributed by atoms with Crippen LogP contribution in [0.2, 0.25) is 0 Å². The summed E-state index contributed by atoms with van der Waals surface area (Å²) >= 11 is 1.84. The topological polar surface area (TPSA) is 40.1 Å². The van der Waals surface area contributed by atoms with Crippen LogP contribution in [0.5, 0.6) is 11.5 Å². The molecular weight excluding hydrogens is 899 g/mol. The average molecular weight is 938 g/mol. The first-order chi connectivity index (χ1) is 35.8. The lowest BCUT2D eigenvalue weighted by Gasteiger charge is -2.35. The highest BCUT2D eigenvalue weighted by Gasteiger charge is 2.36. The summed E-state index contributed by atoms with van der Waals surface area (Å²) < 4.78 is 16.7. The van der Waals surface area contributed by atoms with Crippen molar-refractivity contribution in [1.29, 1.82) is 0 Å². The molecule has 7 heteroatoms. The first kappa shape index (κ1) is 39.4. The number of nitrogens with zero attached hydrogens (tertiary/aromatic N) is 5. The molecule has 0 saturated carbocycles. The zero-order chi connectivity index (χ0) is 47.0. The Balaban J connectivity index is 1.22. The summed E-state index contributed by atoms with van der Waals surface area (Å²) in [5, 5.41) is 9.44. The first-order valence-corrected chi connectivity index (χ1v) is 25.2. The van der Waals surface area contributed by atoms with Crippen LogP contribution >= 0.6 is 11.3 Å². The van der Waals surface area contributed by atoms with Crippen LogP contribution < -0.4 is 9.64 Å². The van der Waals surface area contributed by atoms with E-state index in [1.165, 1.54) is 30.9 Å². The van der Waals surface area contributed by atoms with Crippen LogP contribution in [0.3, 0.4) is 0 Å². The molecule has 16 rings (SSSR count). The van der Waals surface area contributed by atoms with Crippen LogP contribution in [0.4, 0.5) is 17.2 Å². The summed E-state index contributed by atoms with van der Waals surface area (Å²) in [4.78, 5) is 8.71. The van der Waals surface area contributed by atoms with Gasteiger partial charge in [-0.15, -0.1) is 11.3 Å². The smallest absolute Gasteiger partial charge is 0.165 e. The summed E-state index contributed by atoms with van der Waals surface area (Å²) in [6.45, 7) is 0. The van der Waals surface area contributed by atoms with Crippen LogP contribution in [-0.2, 0) is 0 Å². The second kappa shape index (κ2) is 15.0. The third kappa shape index (κ3) is 5.45. The Kier molecular flexibility index (Phi) is 8.23. The Morgan fingerprint density at radius 3 is 1.18 bits per heavy atom. The number of rotatable bonds is 5. The normalized spacial score (nSPS) is 12.5. The number of hydrogen-bond donors (Lipinski definition) is 0. The molecule has 0 atom stereocenters. The molecule has 0 amide bonds. The van der Waals surface area contributed by atoms with Crippen molar-refractivity contribution >= 4 is 114 Å². The van der Waals surface area contributed by atoms with Gasteiger partial charge in [0.1, 0.15) is 11.4 Å². The van der Waals surface area contributed by atoms with Gasteiger partial charge in [-0.25, -0.2) is 4.98 Å². The summed E-state index contributed by atoms with van der Waals surface area (Å²) in [5.41, 5.74) is 12.3. The maximum atomic E-state index is 6.81. The van der Waals surface area contributed by atoms with Crippen molar-refractivity contribution in [3.63, 3.8) is 0 Å². The fourth-order valence-electron chi connectivity index (χ4n) is 11.8. The van der Waals surface area contributed by atoms with Gasteiger partial charge in [0.15, 0.2) is 23.1 Å². The summed E-state index contributed by atoms with van der Waals surface area (Å²) in [6, 6.07) is 85.6. The second-order valence-corrected chi connectivity index (χ2v) is 19.7. The zero-order valence-electron chi connectivity index (χ0n) is 38.6. The third-order valence-electron chi connectivity index (χ3n) is 14.8. The minimum absolute atomic E-state index is 0.753. The molecule has 0 spiro atoms. The maximum absolute atomic E-state index is 6.81. The highest BCUT2D eigenvalue weighted by Crippen LogP contribution is 2.56. The summed E-state index contributed by atoms with van der Waals surface area (Å²) in [5.74, 6) is 3.06. The Hall–Kier alpha value is -9.43. The molecule has 0 aliphatic carbocycles. The van der Waals surface area contributed by atoms with Gasteiger partial charge in [-0.2, -0.15) is 0 Å². The summed E-state index contributed by atoms with van der Waals surface area (Å²) in [7, 11) is 0. The predicted octanol–water partition coefficient (Wildman–Crippen LogP) is 18.0. The second-order valence-electron chi connectivity index (χ2n) is 18.6. The number of aromatic nitrogens is 4. The molecule has 5 aromatic heterocycles. The first-order valence-electron chi connectivity index (χ1n) is 24.4. The molecule has 6 heterocycles. The van der Waals surface area contributed by atoms with Gasteiger partial charge in [-0.3, -0.25) is 9.47 Å². The Labute approximate surface area is 416 Å². The Morgan fingerprint density at radius 2 is 0.694 bits per heavy atom. The van der Waals surface area contributed by atoms with Gasteiger partial charge < -0.3 is 13.9 Å². The Bertz CT molecular complexity index is 4560. The van der Waals surface area contributed by atoms with Crippen LogP contribution in [0, 0.1) is 0 Å². The molecule has 15 aromatic rings. The highest BCUT2D eigenvalue weighted by molar-refractivity contribution is 7.25. The number of thiophene rings is 1. The van der Waals surface area contributed by atoms with Crippen molar-refractivity contribution < 1.29 is 4.74 Å². The predicted molar refractivity (Wildman–Crippen MR) is 300 cm³/mol. The van der Waals surface area contributed by atoms with E-state index in [-0.39, 0.29) is 0 Å². The van der Waals surface area contributed by atoms with E-state index >= 15 is 0 Å². The highest BCUT2D eigenvalue weighted by atomic mass is 32.1. The molecule has 1 aliphatic rings. The van der Waals surface area contributed by atoms with E-state index in [0.717, 1.165) is 112 Å². The minimum atomic E-state index is 0.753. The number of para-hydroxylation sites is 10. The molecule has 0 radical (unpaired) electrons. The van der Waals surface area contributed by atoms with Crippen LogP contribution in [-0.4, -0.2) is 18.7 Å². The van der Waals surface area contributed by atoms with E-state index in [1.54, 1.807) is 0 Å². The van der Waals surface area contributed by atoms with E-state index < -0.39 is 0 Å². The fourth-order valence-corrected chi connectivity index (χ4v) is 12.9. The lowest BCUT2D eigenvalue weighted by atomic mass is 9.98. The number of benzene rings is 10. The molecule has 72 heavy (non-hydrogen) atoms. The van der Waals surface area contributed by atoms with Gasteiger partial charge in [0.25, 0.3) is 0 Å². The van der Waals surface area contributed by atoms with Crippen molar-refractivity contribution in [2.24, 2.45) is 0 Å². The number of hydrogen-bond acceptors (Lipinski definition) is 4. The largest absolute Gasteiger partial charge is 0.453 e. The molecular formula is C65H39N5OS. The molecule has 0 unspecified atom stereocenters. The monoisotopic (exact) mass is 937 g/mol. The molecule has 0 bridgehead atoms. The van der Waals surface area contributed by atoms with Gasteiger partial charge >= 0.3 is 0 Å². The summed E-state index contributed by atoms with van der Waals surface area (Å²) in [6.07, 6.45) is 0. The van der Waals surface area contributed by atoms with Gasteiger partial charge in [0.2, 0.25) is 0 Å². The molecule has 336 valence electrons. The van der Waals surface area contributed by atoms with Gasteiger partial charge in [-0.05, 0) is 84.4 Å². The fraction of sp³-hybridized carbons (Fsp3) is 0. The number of ether oxygens (including phenoxy) is 1. The van der Waals surface area contributed by atoms with E-state index in [4.69, 9.17) is 9.72 Å². The van der Waals surface area contributed by atoms with Crippen molar-refractivity contribution in [2.45, 2.75) is 0 Å². The molecule has 10 aromatic carbocycles. The van der Waals surface area contributed by atoms with E-state index in [0.29, 0.717) is 0 Å². The number of fused-ring (bicyclic) bond motifs is 14. The maximum Gasteiger partial charge on any atom is 0.165 e. The van der Waals surface area contributed by atoms with Gasteiger partial charge in [-0.1, -0.05) is 158 Å². The molecule has 0 fully saturated rings. The molecule has 1 aliphatic heterocycles. The van der Waals surface area contributed by atoms with Crippen molar-refractivity contribution in [1.82, 2.24) is 18.7 Å². The van der Waals surface area contributed by atoms with Crippen molar-refractivity contribution in [3.05, 3.63) is 237 Å². The standard InChI is InChI=1S/C65H39N5OS/c1-8-26-49-41(19-1)42-20-2-9-27-50(42)67(49)62-61(40-37-38-60-48(39-40)47-25-7-18-36-59(47)72-60)63(68-51-28-10-3-21-43(51)44-22-4-11-29-52(44)68)65(70-55-32-14-16-34-57(55)71-58-35-17-15-33-56(58)70)66-64(62)69-53-30-12-5-23-45(53)46-24-6-13-31-54(46)69/h1-39H. The quantitative estimate of drug-likeness (QED) is 0.173. The third-order valence-corrected chi connectivity index (χ3v) is 16.0. The minimum Gasteiger partial charge on any atom is -0.453 e. The SMILES string of the molecule is c1ccc2c(c1)Oc1ccccc1N2c1nc(-n2c3ccccc3c3ccccc32)c(-n2c3ccccc3c3ccccc32)c(-c2ccc3sc4ccccc4c3c2)c1-n1c2ccccc2c2ccccc21. The van der Waals surface area contributed by atoms with Crippen molar-refractivity contribution in [3.8, 4) is 39.8 Å². The zero-order valence-corrected chi connectivity index (χ0v) is 39.4. The van der Waals surface area contributed by atoms with E-state index in [9.17, 15) is 0 Å². The molecule has 0 saturated heterocycles. The number of anilines is 3. The lowest BCUT2D eigenvalue weighted by molar-refractivity contribution is 0.476. The van der Waals surface area contributed by atoms with Crippen LogP contribution in [0.15, 0.2) is 237 Å². The van der Waals surface area contributed by atoms with Gasteiger partial charge in [0, 0.05) is 58.1 Å². The lowest BCUT2D eigenvalue weighted by Crippen LogP contribution is -2.22. The number of pyridine rings is 1. The van der Waals surface area contributed by atoms with Crippen molar-refractivity contribution in [2.75, 3.05) is 4.90 Å². The van der Waals surface area contributed by atoms with E-state index in [1.807, 2.05) is 23.5 Å². The van der Waals surface area contributed by atoms with Gasteiger partial charge in [0.05, 0.1) is 44.5 Å². The average Bonchev–Trinajstić information content (AvgIpc) is 4.18. The molecule has 0 N–H and O–H groups in total.